The Hall–Kier alpha value is -1.76. The summed E-state index contributed by atoms with van der Waals surface area (Å²) in [6.07, 6.45) is 0.966. The van der Waals surface area contributed by atoms with Gasteiger partial charge >= 0.3 is 5.97 Å². The number of halogens is 1. The number of rotatable bonds is 5. The molecule has 0 aliphatic heterocycles. The molecule has 0 saturated heterocycles. The molecule has 0 radical (unpaired) electrons. The van der Waals surface area contributed by atoms with E-state index in [9.17, 15) is 19.7 Å². The fraction of sp³-hybridized carbons (Fsp3) is 0.467. The van der Waals surface area contributed by atoms with Gasteiger partial charge in [-0.2, -0.15) is 0 Å². The van der Waals surface area contributed by atoms with Gasteiger partial charge in [-0.15, -0.1) is 0 Å². The molecule has 1 aromatic carbocycles. The Bertz CT molecular complexity index is 574. The Labute approximate surface area is 136 Å². The number of ether oxygens (including phenoxy) is 1. The lowest BCUT2D eigenvalue weighted by Gasteiger charge is -2.19. The molecule has 4 atom stereocenters. The highest BCUT2D eigenvalue weighted by Gasteiger charge is 2.50. The third kappa shape index (κ3) is 3.35. The molecule has 118 valence electrons. The van der Waals surface area contributed by atoms with Gasteiger partial charge in [-0.3, -0.25) is 14.9 Å². The van der Waals surface area contributed by atoms with Gasteiger partial charge in [-0.25, -0.2) is 0 Å². The van der Waals surface area contributed by atoms with E-state index in [4.69, 9.17) is 0 Å². The minimum atomic E-state index is -0.869. The molecule has 0 amide bonds. The predicted octanol–water partition coefficient (Wildman–Crippen LogP) is 2.58. The molecule has 6 nitrogen and oxygen atoms in total. The third-order valence-electron chi connectivity index (χ3n) is 4.26. The number of nitrogens with zero attached hydrogens (tertiary/aromatic N) is 1. The fourth-order valence-corrected chi connectivity index (χ4v) is 3.49. The number of aldehydes is 1. The van der Waals surface area contributed by atoms with E-state index in [0.29, 0.717) is 0 Å². The van der Waals surface area contributed by atoms with E-state index >= 15 is 0 Å². The fourth-order valence-electron chi connectivity index (χ4n) is 3.22. The SMILES string of the molecule is COC(=O)C[C@@H]1C[C@@H]([N+](=O)[O-])[C@H](c2ccc(Br)cc2)[C@H]1C=O. The number of carbonyl (C=O) groups is 2. The summed E-state index contributed by atoms with van der Waals surface area (Å²) >= 11 is 3.32. The molecule has 2 rings (SSSR count). The van der Waals surface area contributed by atoms with Crippen LogP contribution in [0.1, 0.15) is 24.3 Å². The predicted molar refractivity (Wildman–Crippen MR) is 82.0 cm³/mol. The summed E-state index contributed by atoms with van der Waals surface area (Å²) in [6, 6.07) is 6.28. The van der Waals surface area contributed by atoms with Crippen LogP contribution in [0.4, 0.5) is 0 Å². The summed E-state index contributed by atoms with van der Waals surface area (Å²) in [5.41, 5.74) is 0.745. The highest BCUT2D eigenvalue weighted by atomic mass is 79.9. The first-order valence-electron chi connectivity index (χ1n) is 6.89. The Morgan fingerprint density at radius 2 is 2.09 bits per heavy atom. The van der Waals surface area contributed by atoms with Crippen LogP contribution in [0.5, 0.6) is 0 Å². The quantitative estimate of drug-likeness (QED) is 0.344. The maximum atomic E-state index is 11.5. The number of hydrogen-bond donors (Lipinski definition) is 0. The van der Waals surface area contributed by atoms with Crippen LogP contribution in [0.2, 0.25) is 0 Å². The van der Waals surface area contributed by atoms with Gasteiger partial charge in [0.25, 0.3) is 0 Å². The van der Waals surface area contributed by atoms with Crippen molar-refractivity contribution in [2.24, 2.45) is 11.8 Å². The molecule has 1 saturated carbocycles. The standard InChI is InChI=1S/C15H16BrNO5/c1-22-14(19)7-10-6-13(17(20)21)15(12(10)8-18)9-2-4-11(16)5-3-9/h2-5,8,10,12-13,15H,6-7H2,1H3/t10-,12-,13+,15+/m0/s1. The molecule has 1 aromatic rings. The minimum absolute atomic E-state index is 0.0251. The van der Waals surface area contributed by atoms with Crippen LogP contribution >= 0.6 is 15.9 Å². The first-order chi connectivity index (χ1) is 10.5. The minimum Gasteiger partial charge on any atom is -0.469 e. The Balaban J connectivity index is 2.34. The van der Waals surface area contributed by atoms with Gasteiger partial charge in [-0.05, 0) is 23.6 Å². The molecule has 0 bridgehead atoms. The summed E-state index contributed by atoms with van der Waals surface area (Å²) in [4.78, 5) is 34.0. The summed E-state index contributed by atoms with van der Waals surface area (Å²) < 4.78 is 5.49. The molecule has 0 spiro atoms. The van der Waals surface area contributed by atoms with Gasteiger partial charge in [0.1, 0.15) is 6.29 Å². The zero-order valence-electron chi connectivity index (χ0n) is 12.0. The average Bonchev–Trinajstić information content (AvgIpc) is 2.86. The van der Waals surface area contributed by atoms with Gasteiger partial charge in [0, 0.05) is 28.2 Å². The van der Waals surface area contributed by atoms with E-state index in [-0.39, 0.29) is 23.7 Å². The van der Waals surface area contributed by atoms with Gasteiger partial charge in [0.05, 0.1) is 13.0 Å². The topological polar surface area (TPSA) is 86.5 Å². The van der Waals surface area contributed by atoms with Crippen molar-refractivity contribution in [2.75, 3.05) is 7.11 Å². The number of methoxy groups -OCH3 is 1. The number of esters is 1. The van der Waals surface area contributed by atoms with Crippen molar-refractivity contribution in [3.05, 3.63) is 44.4 Å². The molecule has 0 heterocycles. The highest BCUT2D eigenvalue weighted by molar-refractivity contribution is 9.10. The van der Waals surface area contributed by atoms with Crippen LogP contribution in [-0.4, -0.2) is 30.3 Å². The van der Waals surface area contributed by atoms with Crippen molar-refractivity contribution in [3.63, 3.8) is 0 Å². The van der Waals surface area contributed by atoms with Crippen molar-refractivity contribution in [2.45, 2.75) is 24.8 Å². The van der Waals surface area contributed by atoms with Crippen molar-refractivity contribution in [1.82, 2.24) is 0 Å². The van der Waals surface area contributed by atoms with Crippen molar-refractivity contribution < 1.29 is 19.2 Å². The van der Waals surface area contributed by atoms with Crippen LogP contribution in [-0.2, 0) is 14.3 Å². The van der Waals surface area contributed by atoms with Crippen LogP contribution in [0.15, 0.2) is 28.7 Å². The van der Waals surface area contributed by atoms with Crippen molar-refractivity contribution in [3.8, 4) is 0 Å². The molecule has 1 fully saturated rings. The van der Waals surface area contributed by atoms with Crippen molar-refractivity contribution in [1.29, 1.82) is 0 Å². The molecular formula is C15H16BrNO5. The largest absolute Gasteiger partial charge is 0.469 e. The summed E-state index contributed by atoms with van der Waals surface area (Å²) in [5.74, 6) is -1.89. The second-order valence-electron chi connectivity index (χ2n) is 5.42. The maximum absolute atomic E-state index is 11.5. The van der Waals surface area contributed by atoms with E-state index in [1.807, 2.05) is 0 Å². The summed E-state index contributed by atoms with van der Waals surface area (Å²) in [5, 5.41) is 11.4. The molecular weight excluding hydrogens is 354 g/mol. The Kier molecular flexibility index (Phi) is 5.28. The zero-order chi connectivity index (χ0) is 16.3. The van der Waals surface area contributed by atoms with Gasteiger partial charge in [0.2, 0.25) is 6.04 Å². The molecule has 22 heavy (non-hydrogen) atoms. The number of hydrogen-bond acceptors (Lipinski definition) is 5. The molecule has 0 N–H and O–H groups in total. The zero-order valence-corrected chi connectivity index (χ0v) is 13.6. The van der Waals surface area contributed by atoms with E-state index in [1.165, 1.54) is 7.11 Å². The third-order valence-corrected chi connectivity index (χ3v) is 4.79. The molecule has 1 aliphatic carbocycles. The van der Waals surface area contributed by atoms with E-state index in [0.717, 1.165) is 16.3 Å². The highest BCUT2D eigenvalue weighted by Crippen LogP contribution is 2.45. The van der Waals surface area contributed by atoms with Crippen LogP contribution in [0, 0.1) is 22.0 Å². The second kappa shape index (κ2) is 7.00. The van der Waals surface area contributed by atoms with E-state index in [2.05, 4.69) is 20.7 Å². The van der Waals surface area contributed by atoms with Gasteiger partial charge in [0.15, 0.2) is 0 Å². The Morgan fingerprint density at radius 3 is 2.59 bits per heavy atom. The lowest BCUT2D eigenvalue weighted by Crippen LogP contribution is -2.26. The molecule has 0 unspecified atom stereocenters. The van der Waals surface area contributed by atoms with E-state index in [1.54, 1.807) is 24.3 Å². The van der Waals surface area contributed by atoms with Crippen LogP contribution in [0.3, 0.4) is 0 Å². The number of benzene rings is 1. The van der Waals surface area contributed by atoms with Gasteiger partial charge < -0.3 is 9.53 Å². The summed E-state index contributed by atoms with van der Waals surface area (Å²) in [7, 11) is 1.27. The first kappa shape index (κ1) is 16.6. The van der Waals surface area contributed by atoms with Gasteiger partial charge in [-0.1, -0.05) is 28.1 Å². The lowest BCUT2D eigenvalue weighted by atomic mass is 9.84. The lowest BCUT2D eigenvalue weighted by molar-refractivity contribution is -0.524. The first-order valence-corrected chi connectivity index (χ1v) is 7.68. The van der Waals surface area contributed by atoms with E-state index < -0.39 is 23.8 Å². The summed E-state index contributed by atoms with van der Waals surface area (Å²) in [6.45, 7) is 0. The maximum Gasteiger partial charge on any atom is 0.305 e. The average molecular weight is 370 g/mol. The monoisotopic (exact) mass is 369 g/mol. The molecule has 1 aliphatic rings. The number of carbonyl (C=O) groups excluding carboxylic acids is 2. The smallest absolute Gasteiger partial charge is 0.305 e. The van der Waals surface area contributed by atoms with Crippen molar-refractivity contribution >= 4 is 28.2 Å². The van der Waals surface area contributed by atoms with Crippen LogP contribution in [0.25, 0.3) is 0 Å². The van der Waals surface area contributed by atoms with Crippen LogP contribution < -0.4 is 0 Å². The normalized spacial score (nSPS) is 27.4. The second-order valence-corrected chi connectivity index (χ2v) is 6.34. The number of nitro groups is 1. The molecule has 0 aromatic heterocycles. The Morgan fingerprint density at radius 1 is 1.45 bits per heavy atom. The molecule has 7 heteroatoms.